The highest BCUT2D eigenvalue weighted by molar-refractivity contribution is 6.07. The van der Waals surface area contributed by atoms with Crippen LogP contribution < -0.4 is 10.1 Å². The molecule has 0 saturated carbocycles. The number of fused-ring (bicyclic) bond motifs is 1. The molecule has 1 aromatic heterocycles. The van der Waals surface area contributed by atoms with Crippen molar-refractivity contribution in [2.45, 2.75) is 0 Å². The maximum atomic E-state index is 13.1. The topological polar surface area (TPSA) is 92.1 Å². The molecule has 4 aromatic rings. The molecule has 3 aromatic carbocycles. The number of rotatable bonds is 6. The van der Waals surface area contributed by atoms with E-state index in [1.165, 1.54) is 6.26 Å². The second-order valence-electron chi connectivity index (χ2n) is 8.45. The summed E-state index contributed by atoms with van der Waals surface area (Å²) in [6.45, 7) is 1.67. The van der Waals surface area contributed by atoms with E-state index in [9.17, 15) is 14.4 Å². The molecule has 0 radical (unpaired) electrons. The molecule has 1 N–H and O–H groups in total. The third kappa shape index (κ3) is 5.07. The molecule has 3 amide bonds. The fourth-order valence-electron chi connectivity index (χ4n) is 4.24. The number of hydrogen-bond donors (Lipinski definition) is 1. The van der Waals surface area contributed by atoms with Gasteiger partial charge in [-0.2, -0.15) is 0 Å². The maximum Gasteiger partial charge on any atom is 0.291 e. The Bertz CT molecular complexity index is 1390. The lowest BCUT2D eigenvalue weighted by Gasteiger charge is -2.35. The standard InChI is InChI=1S/C28H25N3O5/c32-26(19-36-22-9-4-8-21(18-22)29-27(33)25-12-5-17-35-25)30-13-15-31(16-14-30)28(34)24-11-3-7-20-6-1-2-10-23(20)24/h1-12,17-18H,13-16,19H2,(H,29,33). The van der Waals surface area contributed by atoms with Gasteiger partial charge in [-0.25, -0.2) is 0 Å². The van der Waals surface area contributed by atoms with Crippen molar-refractivity contribution in [1.29, 1.82) is 0 Å². The lowest BCUT2D eigenvalue weighted by atomic mass is 10.0. The smallest absolute Gasteiger partial charge is 0.291 e. The molecule has 0 bridgehead atoms. The van der Waals surface area contributed by atoms with Gasteiger partial charge in [-0.1, -0.05) is 42.5 Å². The average Bonchev–Trinajstić information content (AvgIpc) is 3.47. The Kier molecular flexibility index (Phi) is 6.66. The molecular weight excluding hydrogens is 458 g/mol. The second kappa shape index (κ2) is 10.4. The van der Waals surface area contributed by atoms with E-state index in [-0.39, 0.29) is 30.1 Å². The molecule has 182 valence electrons. The average molecular weight is 484 g/mol. The van der Waals surface area contributed by atoms with Crippen molar-refractivity contribution in [1.82, 2.24) is 9.80 Å². The summed E-state index contributed by atoms with van der Waals surface area (Å²) in [6, 6.07) is 23.6. The number of ether oxygens (including phenoxy) is 1. The fraction of sp³-hybridized carbons (Fsp3) is 0.179. The first-order valence-electron chi connectivity index (χ1n) is 11.7. The van der Waals surface area contributed by atoms with Gasteiger partial charge in [0.15, 0.2) is 12.4 Å². The van der Waals surface area contributed by atoms with Crippen molar-refractivity contribution < 1.29 is 23.5 Å². The van der Waals surface area contributed by atoms with Crippen LogP contribution in [0.2, 0.25) is 0 Å². The van der Waals surface area contributed by atoms with Gasteiger partial charge in [0, 0.05) is 43.5 Å². The Morgan fingerprint density at radius 1 is 0.833 bits per heavy atom. The van der Waals surface area contributed by atoms with E-state index in [4.69, 9.17) is 9.15 Å². The van der Waals surface area contributed by atoms with E-state index in [1.54, 1.807) is 46.2 Å². The molecule has 0 unspecified atom stereocenters. The molecule has 0 spiro atoms. The highest BCUT2D eigenvalue weighted by atomic mass is 16.5. The van der Waals surface area contributed by atoms with E-state index >= 15 is 0 Å². The van der Waals surface area contributed by atoms with Gasteiger partial charge in [-0.05, 0) is 41.1 Å². The van der Waals surface area contributed by atoms with E-state index in [1.807, 2.05) is 42.5 Å². The largest absolute Gasteiger partial charge is 0.484 e. The molecule has 1 saturated heterocycles. The zero-order valence-electron chi connectivity index (χ0n) is 19.6. The summed E-state index contributed by atoms with van der Waals surface area (Å²) in [7, 11) is 0. The number of nitrogens with zero attached hydrogens (tertiary/aromatic N) is 2. The number of nitrogens with one attached hydrogen (secondary N) is 1. The molecular formula is C28H25N3O5. The van der Waals surface area contributed by atoms with Crippen molar-refractivity contribution in [3.05, 3.63) is 96.4 Å². The number of furan rings is 1. The van der Waals surface area contributed by atoms with Crippen LogP contribution in [0.1, 0.15) is 20.9 Å². The highest BCUT2D eigenvalue weighted by Gasteiger charge is 2.26. The Morgan fingerprint density at radius 2 is 1.58 bits per heavy atom. The van der Waals surface area contributed by atoms with Gasteiger partial charge in [-0.3, -0.25) is 14.4 Å². The summed E-state index contributed by atoms with van der Waals surface area (Å²) in [5.74, 6) is 0.116. The summed E-state index contributed by atoms with van der Waals surface area (Å²) in [6.07, 6.45) is 1.43. The highest BCUT2D eigenvalue weighted by Crippen LogP contribution is 2.21. The van der Waals surface area contributed by atoms with E-state index in [0.29, 0.717) is 43.2 Å². The zero-order valence-corrected chi connectivity index (χ0v) is 19.6. The minimum atomic E-state index is -0.371. The number of amides is 3. The predicted octanol–water partition coefficient (Wildman–Crippen LogP) is 4.05. The molecule has 1 aliphatic heterocycles. The minimum Gasteiger partial charge on any atom is -0.484 e. The molecule has 36 heavy (non-hydrogen) atoms. The van der Waals surface area contributed by atoms with Gasteiger partial charge in [0.25, 0.3) is 17.7 Å². The third-order valence-corrected chi connectivity index (χ3v) is 6.14. The normalized spacial score (nSPS) is 13.4. The van der Waals surface area contributed by atoms with Gasteiger partial charge >= 0.3 is 0 Å². The van der Waals surface area contributed by atoms with Gasteiger partial charge < -0.3 is 24.3 Å². The summed E-state index contributed by atoms with van der Waals surface area (Å²) in [5, 5.41) is 4.69. The van der Waals surface area contributed by atoms with Gasteiger partial charge in [0.05, 0.1) is 6.26 Å². The number of carbonyl (C=O) groups is 3. The predicted molar refractivity (Wildman–Crippen MR) is 135 cm³/mol. The SMILES string of the molecule is O=C(Nc1cccc(OCC(=O)N2CCN(C(=O)c3cccc4ccccc34)CC2)c1)c1ccco1. The number of piperazine rings is 1. The number of carbonyl (C=O) groups excluding carboxylic acids is 3. The van der Waals surface area contributed by atoms with Crippen molar-refractivity contribution in [2.75, 3.05) is 38.1 Å². The first-order chi connectivity index (χ1) is 17.6. The van der Waals surface area contributed by atoms with Crippen LogP contribution in [0.4, 0.5) is 5.69 Å². The van der Waals surface area contributed by atoms with Crippen molar-refractivity contribution in [2.24, 2.45) is 0 Å². The first kappa shape index (κ1) is 23.2. The van der Waals surface area contributed by atoms with Crippen molar-refractivity contribution >= 4 is 34.2 Å². The quantitative estimate of drug-likeness (QED) is 0.447. The van der Waals surface area contributed by atoms with Crippen LogP contribution in [-0.4, -0.2) is 60.3 Å². The molecule has 8 heteroatoms. The van der Waals surface area contributed by atoms with E-state index in [2.05, 4.69) is 5.32 Å². The number of anilines is 1. The first-order valence-corrected chi connectivity index (χ1v) is 11.7. The van der Waals surface area contributed by atoms with Crippen LogP contribution in [0.15, 0.2) is 89.5 Å². The molecule has 2 heterocycles. The molecule has 0 atom stereocenters. The Hall–Kier alpha value is -4.59. The van der Waals surface area contributed by atoms with Crippen LogP contribution in [0, 0.1) is 0 Å². The molecule has 1 aliphatic rings. The summed E-state index contributed by atoms with van der Waals surface area (Å²) < 4.78 is 10.8. The molecule has 0 aliphatic carbocycles. The minimum absolute atomic E-state index is 0.0245. The van der Waals surface area contributed by atoms with Gasteiger partial charge in [0.1, 0.15) is 5.75 Å². The zero-order chi connectivity index (χ0) is 24.9. The van der Waals surface area contributed by atoms with Crippen LogP contribution in [0.5, 0.6) is 5.75 Å². The van der Waals surface area contributed by atoms with Gasteiger partial charge in [0.2, 0.25) is 0 Å². The van der Waals surface area contributed by atoms with Crippen LogP contribution in [0.3, 0.4) is 0 Å². The summed E-state index contributed by atoms with van der Waals surface area (Å²) in [4.78, 5) is 41.5. The Morgan fingerprint density at radius 3 is 2.39 bits per heavy atom. The van der Waals surface area contributed by atoms with Crippen LogP contribution >= 0.6 is 0 Å². The fourth-order valence-corrected chi connectivity index (χ4v) is 4.24. The number of hydrogen-bond acceptors (Lipinski definition) is 5. The molecule has 5 rings (SSSR count). The van der Waals surface area contributed by atoms with Gasteiger partial charge in [-0.15, -0.1) is 0 Å². The van der Waals surface area contributed by atoms with E-state index in [0.717, 1.165) is 10.8 Å². The molecule has 8 nitrogen and oxygen atoms in total. The van der Waals surface area contributed by atoms with Crippen LogP contribution in [-0.2, 0) is 4.79 Å². The maximum absolute atomic E-state index is 13.1. The number of benzene rings is 3. The van der Waals surface area contributed by atoms with Crippen LogP contribution in [0.25, 0.3) is 10.8 Å². The lowest BCUT2D eigenvalue weighted by molar-refractivity contribution is -0.134. The Labute approximate surface area is 208 Å². The monoisotopic (exact) mass is 483 g/mol. The third-order valence-electron chi connectivity index (χ3n) is 6.14. The van der Waals surface area contributed by atoms with E-state index < -0.39 is 0 Å². The Balaban J connectivity index is 1.13. The lowest BCUT2D eigenvalue weighted by Crippen LogP contribution is -2.51. The summed E-state index contributed by atoms with van der Waals surface area (Å²) >= 11 is 0. The molecule has 1 fully saturated rings. The second-order valence-corrected chi connectivity index (χ2v) is 8.45. The van der Waals surface area contributed by atoms with Crippen molar-refractivity contribution in [3.63, 3.8) is 0 Å². The summed E-state index contributed by atoms with van der Waals surface area (Å²) in [5.41, 5.74) is 1.21. The van der Waals surface area contributed by atoms with Crippen molar-refractivity contribution in [3.8, 4) is 5.75 Å².